The van der Waals surface area contributed by atoms with Gasteiger partial charge in [-0.3, -0.25) is 4.79 Å². The molecule has 1 unspecified atom stereocenters. The van der Waals surface area contributed by atoms with Gasteiger partial charge in [0.2, 0.25) is 5.91 Å². The van der Waals surface area contributed by atoms with Crippen LogP contribution in [0.1, 0.15) is 25.5 Å². The van der Waals surface area contributed by atoms with Crippen LogP contribution in [-0.2, 0) is 11.3 Å². The zero-order valence-corrected chi connectivity index (χ0v) is 8.56. The van der Waals surface area contributed by atoms with Crippen LogP contribution in [0, 0.1) is 17.2 Å². The van der Waals surface area contributed by atoms with E-state index in [4.69, 9.17) is 5.26 Å². The maximum Gasteiger partial charge on any atom is 0.237 e. The minimum atomic E-state index is -0.568. The molecule has 0 aliphatic carbocycles. The highest BCUT2D eigenvalue weighted by Crippen LogP contribution is 2.05. The van der Waals surface area contributed by atoms with Gasteiger partial charge in [0.1, 0.15) is 17.9 Å². The van der Waals surface area contributed by atoms with E-state index in [1.165, 1.54) is 6.26 Å². The molecule has 1 heterocycles. The number of hydrogen-bond donors (Lipinski definition) is 1. The molecule has 80 valence electrons. The summed E-state index contributed by atoms with van der Waals surface area (Å²) < 4.78 is 4.61. The highest BCUT2D eigenvalue weighted by molar-refractivity contribution is 5.80. The quantitative estimate of drug-likeness (QED) is 0.787. The summed E-state index contributed by atoms with van der Waals surface area (Å²) in [5, 5.41) is 15.0. The molecule has 1 rings (SSSR count). The molecule has 5 heteroatoms. The van der Waals surface area contributed by atoms with Gasteiger partial charge in [-0.1, -0.05) is 18.5 Å². The van der Waals surface area contributed by atoms with Crippen molar-refractivity contribution in [1.29, 1.82) is 5.26 Å². The third-order valence-corrected chi connectivity index (χ3v) is 1.98. The van der Waals surface area contributed by atoms with E-state index in [0.717, 1.165) is 6.42 Å². The first-order valence-corrected chi connectivity index (χ1v) is 4.84. The number of nitrogens with zero attached hydrogens (tertiary/aromatic N) is 2. The molecule has 1 N–H and O–H groups in total. The van der Waals surface area contributed by atoms with Gasteiger partial charge in [0.15, 0.2) is 0 Å². The first kappa shape index (κ1) is 11.2. The minimum absolute atomic E-state index is 0.248. The Kier molecular flexibility index (Phi) is 4.35. The van der Waals surface area contributed by atoms with E-state index in [1.54, 1.807) is 6.07 Å². The van der Waals surface area contributed by atoms with E-state index >= 15 is 0 Å². The molecule has 0 radical (unpaired) electrons. The van der Waals surface area contributed by atoms with E-state index < -0.39 is 5.92 Å². The SMILES string of the molecule is CCCC(C#N)C(=O)NCc1ccon1. The van der Waals surface area contributed by atoms with Crippen LogP contribution in [0.4, 0.5) is 0 Å². The molecular formula is C10H13N3O2. The van der Waals surface area contributed by atoms with Gasteiger partial charge in [-0.2, -0.15) is 5.26 Å². The summed E-state index contributed by atoms with van der Waals surface area (Å²) in [5.41, 5.74) is 0.650. The maximum atomic E-state index is 11.5. The van der Waals surface area contributed by atoms with Crippen molar-refractivity contribution in [3.05, 3.63) is 18.0 Å². The van der Waals surface area contributed by atoms with Crippen LogP contribution in [0.2, 0.25) is 0 Å². The topological polar surface area (TPSA) is 78.9 Å². The molecule has 0 aliphatic rings. The zero-order valence-electron chi connectivity index (χ0n) is 8.56. The standard InChI is InChI=1S/C10H13N3O2/c1-2-3-8(6-11)10(14)12-7-9-4-5-15-13-9/h4-5,8H,2-3,7H2,1H3,(H,12,14). The van der Waals surface area contributed by atoms with Crippen molar-refractivity contribution < 1.29 is 9.32 Å². The number of nitriles is 1. The monoisotopic (exact) mass is 207 g/mol. The number of carbonyl (C=O) groups excluding carboxylic acids is 1. The number of aromatic nitrogens is 1. The largest absolute Gasteiger partial charge is 0.364 e. The third kappa shape index (κ3) is 3.43. The van der Waals surface area contributed by atoms with Crippen molar-refractivity contribution in [3.63, 3.8) is 0 Å². The van der Waals surface area contributed by atoms with Crippen molar-refractivity contribution >= 4 is 5.91 Å². The highest BCUT2D eigenvalue weighted by atomic mass is 16.5. The molecular weight excluding hydrogens is 194 g/mol. The molecule has 0 spiro atoms. The van der Waals surface area contributed by atoms with Crippen molar-refractivity contribution in [2.75, 3.05) is 0 Å². The fourth-order valence-corrected chi connectivity index (χ4v) is 1.17. The fourth-order valence-electron chi connectivity index (χ4n) is 1.17. The van der Waals surface area contributed by atoms with Gasteiger partial charge in [0.25, 0.3) is 0 Å². The first-order chi connectivity index (χ1) is 7.27. The fraction of sp³-hybridized carbons (Fsp3) is 0.500. The van der Waals surface area contributed by atoms with Gasteiger partial charge < -0.3 is 9.84 Å². The molecule has 5 nitrogen and oxygen atoms in total. The summed E-state index contributed by atoms with van der Waals surface area (Å²) in [6.07, 6.45) is 2.84. The lowest BCUT2D eigenvalue weighted by molar-refractivity contribution is -0.123. The summed E-state index contributed by atoms with van der Waals surface area (Å²) in [7, 11) is 0. The molecule has 1 amide bonds. The molecule has 15 heavy (non-hydrogen) atoms. The second-order valence-corrected chi connectivity index (χ2v) is 3.18. The lowest BCUT2D eigenvalue weighted by atomic mass is 10.1. The van der Waals surface area contributed by atoms with Crippen LogP contribution in [0.15, 0.2) is 16.9 Å². The molecule has 0 bridgehead atoms. The predicted molar refractivity (Wildman–Crippen MR) is 52.4 cm³/mol. The Morgan fingerprint density at radius 3 is 3.13 bits per heavy atom. The van der Waals surface area contributed by atoms with Gasteiger partial charge in [-0.15, -0.1) is 0 Å². The average molecular weight is 207 g/mol. The number of carbonyl (C=O) groups is 1. The predicted octanol–water partition coefficient (Wildman–Crippen LogP) is 1.23. The van der Waals surface area contributed by atoms with Crippen molar-refractivity contribution in [1.82, 2.24) is 10.5 Å². The molecule has 0 aromatic carbocycles. The summed E-state index contributed by atoms with van der Waals surface area (Å²) in [5.74, 6) is -0.816. The van der Waals surface area contributed by atoms with Crippen molar-refractivity contribution in [2.45, 2.75) is 26.3 Å². The first-order valence-electron chi connectivity index (χ1n) is 4.84. The normalized spacial score (nSPS) is 11.7. The Labute approximate surface area is 88.1 Å². The van der Waals surface area contributed by atoms with E-state index in [1.807, 2.05) is 13.0 Å². The van der Waals surface area contributed by atoms with Crippen LogP contribution in [0.3, 0.4) is 0 Å². The van der Waals surface area contributed by atoms with Crippen LogP contribution >= 0.6 is 0 Å². The maximum absolute atomic E-state index is 11.5. The lowest BCUT2D eigenvalue weighted by Gasteiger charge is -2.07. The average Bonchev–Trinajstić information content (AvgIpc) is 2.75. The Hall–Kier alpha value is -1.83. The van der Waals surface area contributed by atoms with E-state index in [2.05, 4.69) is 15.0 Å². The Bertz CT molecular complexity index is 340. The highest BCUT2D eigenvalue weighted by Gasteiger charge is 2.16. The summed E-state index contributed by atoms with van der Waals surface area (Å²) in [6.45, 7) is 2.24. The van der Waals surface area contributed by atoms with Gasteiger partial charge in [-0.25, -0.2) is 0 Å². The minimum Gasteiger partial charge on any atom is -0.364 e. The molecule has 0 aliphatic heterocycles. The molecule has 1 aromatic heterocycles. The Balaban J connectivity index is 2.38. The number of rotatable bonds is 5. The molecule has 1 aromatic rings. The van der Waals surface area contributed by atoms with Crippen LogP contribution in [0.25, 0.3) is 0 Å². The van der Waals surface area contributed by atoms with Crippen molar-refractivity contribution in [3.8, 4) is 6.07 Å². The number of amides is 1. The van der Waals surface area contributed by atoms with E-state index in [0.29, 0.717) is 18.7 Å². The molecule has 0 saturated heterocycles. The second-order valence-electron chi connectivity index (χ2n) is 3.18. The third-order valence-electron chi connectivity index (χ3n) is 1.98. The Morgan fingerprint density at radius 2 is 2.60 bits per heavy atom. The smallest absolute Gasteiger partial charge is 0.237 e. The van der Waals surface area contributed by atoms with E-state index in [-0.39, 0.29) is 5.91 Å². The Morgan fingerprint density at radius 1 is 1.80 bits per heavy atom. The second kappa shape index (κ2) is 5.81. The van der Waals surface area contributed by atoms with Crippen LogP contribution in [-0.4, -0.2) is 11.1 Å². The molecule has 0 fully saturated rings. The van der Waals surface area contributed by atoms with Gasteiger partial charge in [0, 0.05) is 6.07 Å². The summed E-state index contributed by atoms with van der Waals surface area (Å²) >= 11 is 0. The molecule has 1 atom stereocenters. The van der Waals surface area contributed by atoms with Gasteiger partial charge in [0.05, 0.1) is 12.6 Å². The number of nitrogens with one attached hydrogen (secondary N) is 1. The summed E-state index contributed by atoms with van der Waals surface area (Å²) in [4.78, 5) is 11.5. The van der Waals surface area contributed by atoms with Crippen molar-refractivity contribution in [2.24, 2.45) is 5.92 Å². The van der Waals surface area contributed by atoms with Crippen LogP contribution in [0.5, 0.6) is 0 Å². The van der Waals surface area contributed by atoms with E-state index in [9.17, 15) is 4.79 Å². The lowest BCUT2D eigenvalue weighted by Crippen LogP contribution is -2.29. The molecule has 0 saturated carbocycles. The summed E-state index contributed by atoms with van der Waals surface area (Å²) in [6, 6.07) is 3.65. The number of hydrogen-bond acceptors (Lipinski definition) is 4. The zero-order chi connectivity index (χ0) is 11.1. The van der Waals surface area contributed by atoms with Crippen LogP contribution < -0.4 is 5.32 Å². The van der Waals surface area contributed by atoms with Gasteiger partial charge >= 0.3 is 0 Å². The van der Waals surface area contributed by atoms with Gasteiger partial charge in [-0.05, 0) is 6.42 Å².